The van der Waals surface area contributed by atoms with Gasteiger partial charge in [0.05, 0.1) is 28.7 Å². The molecule has 0 aliphatic heterocycles. The van der Waals surface area contributed by atoms with Crippen LogP contribution < -0.4 is 5.32 Å². The first-order chi connectivity index (χ1) is 15.1. The van der Waals surface area contributed by atoms with Crippen molar-refractivity contribution in [1.82, 2.24) is 19.2 Å². The van der Waals surface area contributed by atoms with Crippen molar-refractivity contribution in [2.45, 2.75) is 44.4 Å². The van der Waals surface area contributed by atoms with Gasteiger partial charge in [-0.15, -0.1) is 0 Å². The van der Waals surface area contributed by atoms with Gasteiger partial charge in [0.2, 0.25) is 21.8 Å². The summed E-state index contributed by atoms with van der Waals surface area (Å²) in [5.41, 5.74) is -0.0174. The normalized spacial score (nSPS) is 12.6. The fourth-order valence-electron chi connectivity index (χ4n) is 3.33. The molecule has 0 fully saturated rings. The zero-order valence-electron chi connectivity index (χ0n) is 17.5. The molecule has 2 aromatic heterocycles. The van der Waals surface area contributed by atoms with Crippen LogP contribution in [0.2, 0.25) is 0 Å². The molecule has 0 atom stereocenters. The number of fused-ring (bicyclic) bond motifs is 1. The Morgan fingerprint density at radius 3 is 2.53 bits per heavy atom. The molecule has 0 aliphatic rings. The number of amides is 1. The first-order valence-electron chi connectivity index (χ1n) is 9.94. The number of aryl methyl sites for hydroxylation is 1. The van der Waals surface area contributed by atoms with Crippen molar-refractivity contribution in [3.8, 4) is 0 Å². The topological polar surface area (TPSA) is 97.4 Å². The standard InChI is InChI=1S/C20H23F3N4O4S/c1-3-26(4-2)32(29,30)15-7-8-17-16(12-15)25-19(20(21,22)23)27(17)10-9-18(28)24-13-14-6-5-11-31-14/h5-8,11-12H,3-4,9-10,13H2,1-2H3,(H,24,28). The summed E-state index contributed by atoms with van der Waals surface area (Å²) in [6.07, 6.45) is -3.56. The predicted octanol–water partition coefficient (Wildman–Crippen LogP) is 3.39. The Bertz CT molecular complexity index is 1180. The van der Waals surface area contributed by atoms with Crippen LogP contribution in [0.15, 0.2) is 45.9 Å². The second-order valence-electron chi connectivity index (χ2n) is 6.93. The van der Waals surface area contributed by atoms with E-state index in [2.05, 4.69) is 10.3 Å². The van der Waals surface area contributed by atoms with Crippen molar-refractivity contribution in [1.29, 1.82) is 0 Å². The summed E-state index contributed by atoms with van der Waals surface area (Å²) in [5, 5.41) is 2.58. The van der Waals surface area contributed by atoms with Crippen LogP contribution in [0, 0.1) is 0 Å². The lowest BCUT2D eigenvalue weighted by Gasteiger charge is -2.18. The molecule has 32 heavy (non-hydrogen) atoms. The summed E-state index contributed by atoms with van der Waals surface area (Å²) in [6, 6.07) is 6.99. The fourth-order valence-corrected chi connectivity index (χ4v) is 4.80. The van der Waals surface area contributed by atoms with Crippen molar-refractivity contribution < 1.29 is 30.8 Å². The second kappa shape index (κ2) is 9.33. The Kier molecular flexibility index (Phi) is 6.94. The maximum atomic E-state index is 13.6. The number of carbonyl (C=O) groups is 1. The van der Waals surface area contributed by atoms with Crippen LogP contribution in [0.3, 0.4) is 0 Å². The average Bonchev–Trinajstić information content (AvgIpc) is 3.38. The minimum atomic E-state index is -4.78. The van der Waals surface area contributed by atoms with Gasteiger partial charge in [-0.25, -0.2) is 13.4 Å². The highest BCUT2D eigenvalue weighted by Crippen LogP contribution is 2.32. The molecular formula is C20H23F3N4O4S. The van der Waals surface area contributed by atoms with Gasteiger partial charge in [-0.2, -0.15) is 17.5 Å². The smallest absolute Gasteiger partial charge is 0.449 e. The first kappa shape index (κ1) is 23.8. The maximum absolute atomic E-state index is 13.6. The SMILES string of the molecule is CCN(CC)S(=O)(=O)c1ccc2c(c1)nc(C(F)(F)F)n2CCC(=O)NCc1ccco1. The summed E-state index contributed by atoms with van der Waals surface area (Å²) in [6.45, 7) is 3.64. The Morgan fingerprint density at radius 2 is 1.94 bits per heavy atom. The van der Waals surface area contributed by atoms with E-state index in [0.29, 0.717) is 5.76 Å². The van der Waals surface area contributed by atoms with Crippen LogP contribution in [0.25, 0.3) is 11.0 Å². The van der Waals surface area contributed by atoms with Crippen LogP contribution in [0.1, 0.15) is 31.9 Å². The number of rotatable bonds is 9. The van der Waals surface area contributed by atoms with Gasteiger partial charge in [0.25, 0.3) is 0 Å². The number of furan rings is 1. The zero-order chi connectivity index (χ0) is 23.5. The molecule has 174 valence electrons. The highest BCUT2D eigenvalue weighted by molar-refractivity contribution is 7.89. The van der Waals surface area contributed by atoms with Crippen molar-refractivity contribution in [2.75, 3.05) is 13.1 Å². The number of benzene rings is 1. The van der Waals surface area contributed by atoms with Gasteiger partial charge in [-0.3, -0.25) is 4.79 Å². The van der Waals surface area contributed by atoms with Gasteiger partial charge >= 0.3 is 6.18 Å². The van der Waals surface area contributed by atoms with E-state index in [-0.39, 0.29) is 48.5 Å². The number of aromatic nitrogens is 2. The molecule has 0 radical (unpaired) electrons. The molecule has 0 aliphatic carbocycles. The van der Waals surface area contributed by atoms with Crippen LogP contribution >= 0.6 is 0 Å². The van der Waals surface area contributed by atoms with E-state index >= 15 is 0 Å². The van der Waals surface area contributed by atoms with Crippen molar-refractivity contribution in [2.24, 2.45) is 0 Å². The lowest BCUT2D eigenvalue weighted by molar-refractivity contribution is -0.147. The second-order valence-corrected chi connectivity index (χ2v) is 8.87. The van der Waals surface area contributed by atoms with Gasteiger partial charge < -0.3 is 14.3 Å². The quantitative estimate of drug-likeness (QED) is 0.515. The van der Waals surface area contributed by atoms with Crippen molar-refractivity contribution in [3.05, 3.63) is 48.2 Å². The van der Waals surface area contributed by atoms with E-state index < -0.39 is 27.9 Å². The summed E-state index contributed by atoms with van der Waals surface area (Å²) >= 11 is 0. The number of sulfonamides is 1. The lowest BCUT2D eigenvalue weighted by atomic mass is 10.3. The molecule has 1 amide bonds. The number of carbonyl (C=O) groups excluding carboxylic acids is 1. The van der Waals surface area contributed by atoms with Crippen molar-refractivity contribution in [3.63, 3.8) is 0 Å². The first-order valence-corrected chi connectivity index (χ1v) is 11.4. The molecule has 3 aromatic rings. The minimum absolute atomic E-state index is 0.0923. The minimum Gasteiger partial charge on any atom is -0.467 e. The van der Waals surface area contributed by atoms with E-state index in [9.17, 15) is 26.4 Å². The number of hydrogen-bond donors (Lipinski definition) is 1. The fraction of sp³-hybridized carbons (Fsp3) is 0.400. The van der Waals surface area contributed by atoms with E-state index in [4.69, 9.17) is 4.42 Å². The molecular weight excluding hydrogens is 449 g/mol. The average molecular weight is 472 g/mol. The monoisotopic (exact) mass is 472 g/mol. The molecule has 0 saturated heterocycles. The third-order valence-electron chi connectivity index (χ3n) is 4.92. The Hall–Kier alpha value is -2.86. The molecule has 0 spiro atoms. The molecule has 8 nitrogen and oxygen atoms in total. The highest BCUT2D eigenvalue weighted by atomic mass is 32.2. The Balaban J connectivity index is 1.88. The Morgan fingerprint density at radius 1 is 1.22 bits per heavy atom. The highest BCUT2D eigenvalue weighted by Gasteiger charge is 2.38. The summed E-state index contributed by atoms with van der Waals surface area (Å²) in [7, 11) is -3.86. The number of nitrogens with zero attached hydrogens (tertiary/aromatic N) is 3. The summed E-state index contributed by atoms with van der Waals surface area (Å²) in [5.74, 6) is -1.13. The van der Waals surface area contributed by atoms with Crippen LogP contribution in [-0.4, -0.2) is 41.3 Å². The molecule has 0 bridgehead atoms. The van der Waals surface area contributed by atoms with E-state index in [1.54, 1.807) is 26.0 Å². The molecule has 0 unspecified atom stereocenters. The number of halogens is 3. The third-order valence-corrected chi connectivity index (χ3v) is 6.96. The van der Waals surface area contributed by atoms with Crippen molar-refractivity contribution >= 4 is 27.0 Å². The lowest BCUT2D eigenvalue weighted by Crippen LogP contribution is -2.30. The molecule has 12 heteroatoms. The number of nitrogens with one attached hydrogen (secondary N) is 1. The van der Waals surface area contributed by atoms with Gasteiger partial charge in [-0.05, 0) is 30.3 Å². The van der Waals surface area contributed by atoms with Gasteiger partial charge in [0.15, 0.2) is 0 Å². The van der Waals surface area contributed by atoms with Crippen LogP contribution in [-0.2, 0) is 34.1 Å². The number of imidazole rings is 1. The van der Waals surface area contributed by atoms with Crippen LogP contribution in [0.4, 0.5) is 13.2 Å². The summed E-state index contributed by atoms with van der Waals surface area (Å²) in [4.78, 5) is 15.6. The maximum Gasteiger partial charge on any atom is 0.449 e. The van der Waals surface area contributed by atoms with Gasteiger partial charge in [0, 0.05) is 26.1 Å². The van der Waals surface area contributed by atoms with Gasteiger partial charge in [0.1, 0.15) is 5.76 Å². The van der Waals surface area contributed by atoms with E-state index in [1.165, 1.54) is 22.7 Å². The Labute approximate surface area is 183 Å². The molecule has 2 heterocycles. The third kappa shape index (κ3) is 4.96. The largest absolute Gasteiger partial charge is 0.467 e. The molecule has 0 saturated carbocycles. The van der Waals surface area contributed by atoms with Gasteiger partial charge in [-0.1, -0.05) is 13.8 Å². The molecule has 1 N–H and O–H groups in total. The van der Waals surface area contributed by atoms with Crippen LogP contribution in [0.5, 0.6) is 0 Å². The predicted molar refractivity (Wildman–Crippen MR) is 110 cm³/mol. The molecule has 3 rings (SSSR count). The van der Waals surface area contributed by atoms with E-state index in [0.717, 1.165) is 10.6 Å². The number of alkyl halides is 3. The summed E-state index contributed by atoms with van der Waals surface area (Å²) < 4.78 is 73.4. The number of hydrogen-bond acceptors (Lipinski definition) is 5. The zero-order valence-corrected chi connectivity index (χ0v) is 18.3. The molecule has 1 aromatic carbocycles. The van der Waals surface area contributed by atoms with E-state index in [1.807, 2.05) is 0 Å².